The average Bonchev–Trinajstić information content (AvgIpc) is 3.20. The highest BCUT2D eigenvalue weighted by atomic mass is 16.6. The lowest BCUT2D eigenvalue weighted by atomic mass is 9.98. The van der Waals surface area contributed by atoms with E-state index in [0.717, 1.165) is 32.7 Å². The monoisotopic (exact) mass is 473 g/mol. The first-order chi connectivity index (χ1) is 17.0. The zero-order valence-corrected chi connectivity index (χ0v) is 19.4. The number of carboxylic acids is 1. The van der Waals surface area contributed by atoms with E-state index in [4.69, 9.17) is 9.47 Å². The molecule has 0 aromatic heterocycles. The van der Waals surface area contributed by atoms with E-state index >= 15 is 0 Å². The third-order valence-electron chi connectivity index (χ3n) is 6.24. The molecule has 0 fully saturated rings. The molecule has 0 bridgehead atoms. The number of rotatable bonds is 9. The number of likely N-dealkylation sites (N-methyl/N-ethyl adjacent to an activating group) is 1. The molecule has 0 aliphatic heterocycles. The van der Waals surface area contributed by atoms with E-state index in [-0.39, 0.29) is 32.0 Å². The van der Waals surface area contributed by atoms with Gasteiger partial charge in [-0.05, 0) is 34.2 Å². The van der Waals surface area contributed by atoms with Crippen LogP contribution in [0.4, 0.5) is 4.79 Å². The van der Waals surface area contributed by atoms with Gasteiger partial charge in [0.15, 0.2) is 0 Å². The molecule has 4 rings (SSSR count). The Morgan fingerprint density at radius 2 is 1.43 bits per heavy atom. The third-order valence-corrected chi connectivity index (χ3v) is 6.24. The first-order valence-electron chi connectivity index (χ1n) is 11.5. The Hall–Kier alpha value is -4.13. The molecule has 0 saturated heterocycles. The van der Waals surface area contributed by atoms with E-state index in [1.165, 1.54) is 7.05 Å². The molecule has 7 nitrogen and oxygen atoms in total. The van der Waals surface area contributed by atoms with Crippen LogP contribution < -0.4 is 0 Å². The molecule has 1 aliphatic carbocycles. The van der Waals surface area contributed by atoms with Gasteiger partial charge >= 0.3 is 18.0 Å². The van der Waals surface area contributed by atoms with Crippen LogP contribution in [-0.2, 0) is 25.7 Å². The van der Waals surface area contributed by atoms with Gasteiger partial charge in [-0.3, -0.25) is 9.69 Å². The second-order valence-corrected chi connectivity index (χ2v) is 8.45. The average molecular weight is 474 g/mol. The van der Waals surface area contributed by atoms with Gasteiger partial charge in [-0.25, -0.2) is 9.59 Å². The Morgan fingerprint density at radius 3 is 2.03 bits per heavy atom. The van der Waals surface area contributed by atoms with Crippen molar-refractivity contribution in [2.45, 2.75) is 31.4 Å². The molecular formula is C28H27NO6. The van der Waals surface area contributed by atoms with Crippen LogP contribution in [0, 0.1) is 0 Å². The maximum absolute atomic E-state index is 12.7. The third kappa shape index (κ3) is 5.51. The molecule has 3 aromatic carbocycles. The number of amides is 1. The van der Waals surface area contributed by atoms with Crippen LogP contribution in [-0.4, -0.2) is 47.7 Å². The van der Waals surface area contributed by atoms with Gasteiger partial charge < -0.3 is 14.6 Å². The highest BCUT2D eigenvalue weighted by Crippen LogP contribution is 2.44. The van der Waals surface area contributed by atoms with Gasteiger partial charge in [0.2, 0.25) is 0 Å². The molecule has 1 amide bonds. The Kier molecular flexibility index (Phi) is 7.45. The van der Waals surface area contributed by atoms with Gasteiger partial charge in [-0.15, -0.1) is 0 Å². The molecule has 1 atom stereocenters. The molecule has 1 N–H and O–H groups in total. The van der Waals surface area contributed by atoms with Crippen LogP contribution in [0.1, 0.15) is 35.4 Å². The minimum atomic E-state index is -1.21. The molecule has 0 saturated carbocycles. The van der Waals surface area contributed by atoms with Gasteiger partial charge in [0, 0.05) is 19.4 Å². The van der Waals surface area contributed by atoms with E-state index in [1.807, 2.05) is 78.9 Å². The van der Waals surface area contributed by atoms with Gasteiger partial charge in [-0.1, -0.05) is 78.9 Å². The summed E-state index contributed by atoms with van der Waals surface area (Å²) in [6.45, 7) is 0.197. The number of esters is 1. The summed E-state index contributed by atoms with van der Waals surface area (Å²) in [5.74, 6) is -1.87. The Balaban J connectivity index is 1.33. The van der Waals surface area contributed by atoms with Crippen molar-refractivity contribution < 1.29 is 29.0 Å². The second-order valence-electron chi connectivity index (χ2n) is 8.45. The quantitative estimate of drug-likeness (QED) is 0.447. The van der Waals surface area contributed by atoms with Crippen LogP contribution in [0.2, 0.25) is 0 Å². The summed E-state index contributed by atoms with van der Waals surface area (Å²) in [5, 5.41) is 9.65. The number of carbonyl (C=O) groups excluding carboxylic acids is 2. The number of carbonyl (C=O) groups is 3. The van der Waals surface area contributed by atoms with E-state index in [0.29, 0.717) is 0 Å². The van der Waals surface area contributed by atoms with Gasteiger partial charge in [0.25, 0.3) is 0 Å². The van der Waals surface area contributed by atoms with Gasteiger partial charge in [0.05, 0.1) is 0 Å². The van der Waals surface area contributed by atoms with Crippen molar-refractivity contribution in [2.24, 2.45) is 0 Å². The number of benzene rings is 3. The van der Waals surface area contributed by atoms with Crippen LogP contribution in [0.3, 0.4) is 0 Å². The van der Waals surface area contributed by atoms with Crippen molar-refractivity contribution in [1.29, 1.82) is 0 Å². The number of aliphatic carboxylic acids is 1. The smallest absolute Gasteiger partial charge is 0.410 e. The van der Waals surface area contributed by atoms with Crippen LogP contribution in [0.5, 0.6) is 0 Å². The molecule has 0 heterocycles. The maximum Gasteiger partial charge on any atom is 0.410 e. The first kappa shape index (κ1) is 24.0. The topological polar surface area (TPSA) is 93.1 Å². The molecule has 180 valence electrons. The van der Waals surface area contributed by atoms with Gasteiger partial charge in [0.1, 0.15) is 19.3 Å². The van der Waals surface area contributed by atoms with Crippen molar-refractivity contribution >= 4 is 18.0 Å². The molecule has 35 heavy (non-hydrogen) atoms. The lowest BCUT2D eigenvalue weighted by molar-refractivity contribution is -0.146. The Morgan fingerprint density at radius 1 is 0.857 bits per heavy atom. The van der Waals surface area contributed by atoms with Crippen molar-refractivity contribution in [3.63, 3.8) is 0 Å². The summed E-state index contributed by atoms with van der Waals surface area (Å²) in [6.07, 6.45) is -0.967. The summed E-state index contributed by atoms with van der Waals surface area (Å²) < 4.78 is 10.8. The maximum atomic E-state index is 12.7. The van der Waals surface area contributed by atoms with Crippen molar-refractivity contribution in [3.8, 4) is 11.1 Å². The number of ether oxygens (including phenoxy) is 2. The summed E-state index contributed by atoms with van der Waals surface area (Å²) >= 11 is 0. The van der Waals surface area contributed by atoms with Crippen LogP contribution in [0.15, 0.2) is 78.9 Å². The number of carboxylic acid groups (broad SMARTS) is 1. The SMILES string of the molecule is CN(C(=O)OCC1c2ccccc2-c2ccccc21)[C@@H](CCC(=O)OCc1ccccc1)C(=O)O. The molecule has 0 radical (unpaired) electrons. The number of hydrogen-bond donors (Lipinski definition) is 1. The summed E-state index contributed by atoms with van der Waals surface area (Å²) in [5.41, 5.74) is 5.19. The Bertz CT molecular complexity index is 1160. The summed E-state index contributed by atoms with van der Waals surface area (Å²) in [7, 11) is 1.37. The zero-order valence-electron chi connectivity index (χ0n) is 19.4. The zero-order chi connectivity index (χ0) is 24.8. The number of fused-ring (bicyclic) bond motifs is 3. The molecular weight excluding hydrogens is 446 g/mol. The lowest BCUT2D eigenvalue weighted by Crippen LogP contribution is -2.43. The van der Waals surface area contributed by atoms with Crippen molar-refractivity contribution in [3.05, 3.63) is 95.6 Å². The van der Waals surface area contributed by atoms with E-state index < -0.39 is 24.1 Å². The van der Waals surface area contributed by atoms with Crippen LogP contribution >= 0.6 is 0 Å². The fourth-order valence-electron chi connectivity index (χ4n) is 4.37. The highest BCUT2D eigenvalue weighted by molar-refractivity contribution is 5.81. The standard InChI is InChI=1S/C28H27NO6/c1-29(25(27(31)32)15-16-26(30)34-17-19-9-3-2-4-10-19)28(33)35-18-24-22-13-7-5-11-20(22)21-12-6-8-14-23(21)24/h2-14,24-25H,15-18H2,1H3,(H,31,32)/t25-/m0/s1. The van der Waals surface area contributed by atoms with E-state index in [1.54, 1.807) is 0 Å². The number of nitrogens with zero attached hydrogens (tertiary/aromatic N) is 1. The highest BCUT2D eigenvalue weighted by Gasteiger charge is 2.32. The molecule has 0 spiro atoms. The predicted molar refractivity (Wildman–Crippen MR) is 130 cm³/mol. The Labute approximate surface area is 203 Å². The summed E-state index contributed by atoms with van der Waals surface area (Å²) in [4.78, 5) is 37.7. The molecule has 3 aromatic rings. The van der Waals surface area contributed by atoms with Crippen LogP contribution in [0.25, 0.3) is 11.1 Å². The largest absolute Gasteiger partial charge is 0.480 e. The summed E-state index contributed by atoms with van der Waals surface area (Å²) in [6, 6.07) is 23.9. The van der Waals surface area contributed by atoms with E-state index in [9.17, 15) is 19.5 Å². The van der Waals surface area contributed by atoms with Crippen molar-refractivity contribution in [1.82, 2.24) is 4.90 Å². The van der Waals surface area contributed by atoms with Crippen molar-refractivity contribution in [2.75, 3.05) is 13.7 Å². The van der Waals surface area contributed by atoms with Gasteiger partial charge in [-0.2, -0.15) is 0 Å². The normalized spacial score (nSPS) is 12.8. The minimum Gasteiger partial charge on any atom is -0.480 e. The number of hydrogen-bond acceptors (Lipinski definition) is 5. The minimum absolute atomic E-state index is 0.0797. The fourth-order valence-corrected chi connectivity index (χ4v) is 4.37. The molecule has 0 unspecified atom stereocenters. The second kappa shape index (κ2) is 10.9. The predicted octanol–water partition coefficient (Wildman–Crippen LogP) is 4.84. The fraction of sp³-hybridized carbons (Fsp3) is 0.250. The lowest BCUT2D eigenvalue weighted by Gasteiger charge is -2.25. The van der Waals surface area contributed by atoms with E-state index in [2.05, 4.69) is 0 Å². The first-order valence-corrected chi connectivity index (χ1v) is 11.5. The molecule has 7 heteroatoms. The molecule has 1 aliphatic rings.